The first kappa shape index (κ1) is 20.6. The minimum Gasteiger partial charge on any atom is -0.307 e. The third-order valence-electron chi connectivity index (χ3n) is 3.92. The van der Waals surface area contributed by atoms with E-state index >= 15 is 0 Å². The SMILES string of the molecule is O=C(N/N=C(/CNNC(=O)Nc1ccccc1)c1ccccc1)Nc1ccccc1. The van der Waals surface area contributed by atoms with E-state index in [1.54, 1.807) is 24.3 Å². The molecule has 0 radical (unpaired) electrons. The first-order chi connectivity index (χ1) is 14.7. The van der Waals surface area contributed by atoms with Crippen molar-refractivity contribution in [1.29, 1.82) is 0 Å². The summed E-state index contributed by atoms with van der Waals surface area (Å²) in [5, 5.41) is 9.59. The molecule has 0 aliphatic heterocycles. The lowest BCUT2D eigenvalue weighted by Crippen LogP contribution is -2.43. The van der Waals surface area contributed by atoms with Crippen LogP contribution in [-0.2, 0) is 0 Å². The van der Waals surface area contributed by atoms with Crippen molar-refractivity contribution in [3.8, 4) is 0 Å². The van der Waals surface area contributed by atoms with Gasteiger partial charge in [-0.2, -0.15) is 5.10 Å². The van der Waals surface area contributed by atoms with Crippen LogP contribution in [0.15, 0.2) is 96.1 Å². The summed E-state index contributed by atoms with van der Waals surface area (Å²) in [6.45, 7) is 0.192. The Morgan fingerprint density at radius 1 is 0.667 bits per heavy atom. The molecule has 0 aromatic heterocycles. The van der Waals surface area contributed by atoms with E-state index in [-0.39, 0.29) is 6.54 Å². The van der Waals surface area contributed by atoms with Gasteiger partial charge in [0.2, 0.25) is 0 Å². The van der Waals surface area contributed by atoms with Crippen molar-refractivity contribution in [2.24, 2.45) is 5.10 Å². The van der Waals surface area contributed by atoms with Crippen LogP contribution in [0.4, 0.5) is 21.0 Å². The number of hydrogen-bond donors (Lipinski definition) is 5. The fraction of sp³-hybridized carbons (Fsp3) is 0.0455. The smallest absolute Gasteiger partial charge is 0.307 e. The highest BCUT2D eigenvalue weighted by Gasteiger charge is 2.07. The number of nitrogens with zero attached hydrogens (tertiary/aromatic N) is 1. The second-order valence-electron chi connectivity index (χ2n) is 6.16. The van der Waals surface area contributed by atoms with Crippen molar-refractivity contribution >= 4 is 29.1 Å². The first-order valence-corrected chi connectivity index (χ1v) is 9.29. The largest absolute Gasteiger partial charge is 0.339 e. The monoisotopic (exact) mass is 402 g/mol. The quantitative estimate of drug-likeness (QED) is 0.308. The van der Waals surface area contributed by atoms with E-state index in [0.717, 1.165) is 5.56 Å². The molecule has 152 valence electrons. The van der Waals surface area contributed by atoms with Crippen molar-refractivity contribution in [3.05, 3.63) is 96.6 Å². The zero-order valence-electron chi connectivity index (χ0n) is 16.1. The second kappa shape index (κ2) is 11.0. The highest BCUT2D eigenvalue weighted by Crippen LogP contribution is 2.05. The number of hydrazone groups is 1. The summed E-state index contributed by atoms with van der Waals surface area (Å²) in [4.78, 5) is 24.1. The predicted octanol–water partition coefficient (Wildman–Crippen LogP) is 3.54. The van der Waals surface area contributed by atoms with Crippen LogP contribution in [0.25, 0.3) is 0 Å². The lowest BCUT2D eigenvalue weighted by Gasteiger charge is -2.11. The maximum atomic E-state index is 12.1. The predicted molar refractivity (Wildman–Crippen MR) is 118 cm³/mol. The van der Waals surface area contributed by atoms with Crippen LogP contribution in [0, 0.1) is 0 Å². The van der Waals surface area contributed by atoms with Crippen LogP contribution < -0.4 is 26.9 Å². The molecule has 0 fully saturated rings. The van der Waals surface area contributed by atoms with Gasteiger partial charge < -0.3 is 10.6 Å². The molecule has 4 amide bonds. The summed E-state index contributed by atoms with van der Waals surface area (Å²) in [5.74, 6) is 0. The number of urea groups is 2. The Kier molecular flexibility index (Phi) is 7.53. The molecule has 0 unspecified atom stereocenters. The molecule has 8 heteroatoms. The minimum absolute atomic E-state index is 0.192. The number of benzene rings is 3. The molecule has 3 aromatic rings. The zero-order chi connectivity index (χ0) is 21.0. The van der Waals surface area contributed by atoms with Gasteiger partial charge >= 0.3 is 12.1 Å². The molecule has 8 nitrogen and oxygen atoms in total. The first-order valence-electron chi connectivity index (χ1n) is 9.29. The number of amides is 4. The molecule has 0 spiro atoms. The Morgan fingerprint density at radius 2 is 1.17 bits per heavy atom. The third-order valence-corrected chi connectivity index (χ3v) is 3.92. The average Bonchev–Trinajstić information content (AvgIpc) is 2.78. The number of hydrazine groups is 1. The van der Waals surface area contributed by atoms with E-state index in [2.05, 4.69) is 32.0 Å². The van der Waals surface area contributed by atoms with Gasteiger partial charge in [-0.25, -0.2) is 20.4 Å². The van der Waals surface area contributed by atoms with Gasteiger partial charge in [-0.3, -0.25) is 5.43 Å². The maximum Gasteiger partial charge on any atom is 0.339 e. The van der Waals surface area contributed by atoms with Crippen LogP contribution in [0.1, 0.15) is 5.56 Å². The maximum absolute atomic E-state index is 12.1. The van der Waals surface area contributed by atoms with Crippen LogP contribution in [-0.4, -0.2) is 24.3 Å². The fourth-order valence-corrected chi connectivity index (χ4v) is 2.53. The van der Waals surface area contributed by atoms with Gasteiger partial charge in [0.15, 0.2) is 0 Å². The Balaban J connectivity index is 1.56. The Morgan fingerprint density at radius 3 is 1.73 bits per heavy atom. The van der Waals surface area contributed by atoms with Crippen LogP contribution >= 0.6 is 0 Å². The van der Waals surface area contributed by atoms with Crippen LogP contribution in [0.3, 0.4) is 0 Å². The minimum atomic E-state index is -0.468. The van der Waals surface area contributed by atoms with Crippen molar-refractivity contribution < 1.29 is 9.59 Å². The molecule has 0 bridgehead atoms. The molecular weight excluding hydrogens is 380 g/mol. The standard InChI is InChI=1S/C22H22N6O2/c29-21(24-18-12-6-2-7-13-18)27-23-16-20(17-10-4-1-5-11-17)26-28-22(30)25-19-14-8-3-9-15-19/h1-15,23H,16H2,(H2,24,27,29)(H2,25,28,30)/b26-20-. The summed E-state index contributed by atoms with van der Waals surface area (Å²) < 4.78 is 0. The lowest BCUT2D eigenvalue weighted by atomic mass is 10.1. The summed E-state index contributed by atoms with van der Waals surface area (Å²) in [7, 11) is 0. The zero-order valence-corrected chi connectivity index (χ0v) is 16.1. The van der Waals surface area contributed by atoms with Crippen molar-refractivity contribution in [3.63, 3.8) is 0 Å². The average molecular weight is 402 g/mol. The normalized spacial score (nSPS) is 10.7. The molecule has 0 saturated heterocycles. The molecule has 0 aliphatic carbocycles. The van der Waals surface area contributed by atoms with Gasteiger partial charge in [-0.05, 0) is 29.8 Å². The van der Waals surface area contributed by atoms with E-state index in [1.165, 1.54) is 0 Å². The molecule has 5 N–H and O–H groups in total. The Hall–Kier alpha value is -4.17. The van der Waals surface area contributed by atoms with Gasteiger partial charge in [0.1, 0.15) is 0 Å². The van der Waals surface area contributed by atoms with Gasteiger partial charge in [-0.15, -0.1) is 0 Å². The van der Waals surface area contributed by atoms with Crippen molar-refractivity contribution in [2.75, 3.05) is 17.2 Å². The van der Waals surface area contributed by atoms with E-state index in [9.17, 15) is 9.59 Å². The number of hydrogen-bond acceptors (Lipinski definition) is 4. The summed E-state index contributed by atoms with van der Waals surface area (Å²) in [5.41, 5.74) is 10.5. The lowest BCUT2D eigenvalue weighted by molar-refractivity contribution is 0.248. The molecule has 30 heavy (non-hydrogen) atoms. The number of nitrogens with one attached hydrogen (secondary N) is 5. The Bertz CT molecular complexity index is 978. The molecule has 0 aliphatic rings. The third kappa shape index (κ3) is 6.77. The number of carbonyl (C=O) groups is 2. The molecule has 0 atom stereocenters. The topological polar surface area (TPSA) is 107 Å². The molecule has 3 aromatic carbocycles. The number of carbonyl (C=O) groups excluding carboxylic acids is 2. The van der Waals surface area contributed by atoms with Gasteiger partial charge in [0, 0.05) is 11.4 Å². The number of para-hydroxylation sites is 2. The highest BCUT2D eigenvalue weighted by molar-refractivity contribution is 6.03. The summed E-state index contributed by atoms with van der Waals surface area (Å²) in [6, 6.07) is 26.6. The second-order valence-corrected chi connectivity index (χ2v) is 6.16. The molecule has 3 rings (SSSR count). The van der Waals surface area contributed by atoms with E-state index in [4.69, 9.17) is 0 Å². The Labute approximate surface area is 174 Å². The van der Waals surface area contributed by atoms with E-state index in [0.29, 0.717) is 17.1 Å². The van der Waals surface area contributed by atoms with Gasteiger partial charge in [-0.1, -0.05) is 66.7 Å². The molecule has 0 saturated carbocycles. The molecule has 0 heterocycles. The summed E-state index contributed by atoms with van der Waals surface area (Å²) in [6.07, 6.45) is 0. The van der Waals surface area contributed by atoms with E-state index < -0.39 is 12.1 Å². The van der Waals surface area contributed by atoms with Crippen molar-refractivity contribution in [1.82, 2.24) is 16.3 Å². The number of anilines is 2. The van der Waals surface area contributed by atoms with Crippen LogP contribution in [0.2, 0.25) is 0 Å². The number of rotatable bonds is 7. The molecular formula is C22H22N6O2. The van der Waals surface area contributed by atoms with Crippen LogP contribution in [0.5, 0.6) is 0 Å². The fourth-order valence-electron chi connectivity index (χ4n) is 2.53. The summed E-state index contributed by atoms with van der Waals surface area (Å²) >= 11 is 0. The van der Waals surface area contributed by atoms with Gasteiger partial charge in [0.25, 0.3) is 0 Å². The van der Waals surface area contributed by atoms with Crippen molar-refractivity contribution in [2.45, 2.75) is 0 Å². The van der Waals surface area contributed by atoms with Gasteiger partial charge in [0.05, 0.1) is 12.3 Å². The highest BCUT2D eigenvalue weighted by atomic mass is 16.2. The van der Waals surface area contributed by atoms with E-state index in [1.807, 2.05) is 66.7 Å².